The van der Waals surface area contributed by atoms with Gasteiger partial charge in [-0.2, -0.15) is 0 Å². The molecule has 1 aliphatic rings. The number of likely N-dealkylation sites (N-methyl/N-ethyl adjacent to an activating group) is 1. The number of halogens is 1. The lowest BCUT2D eigenvalue weighted by Crippen LogP contribution is -2.27. The first-order chi connectivity index (χ1) is 3.84. The minimum absolute atomic E-state index is 0. The van der Waals surface area contributed by atoms with E-state index in [1.807, 2.05) is 7.05 Å². The van der Waals surface area contributed by atoms with Crippen LogP contribution in [0.3, 0.4) is 0 Å². The third-order valence-corrected chi connectivity index (χ3v) is 1.54. The SMILES string of the molecule is C=C1CNC[C@H]1NC.Cl. The Hall–Kier alpha value is -0.0500. The summed E-state index contributed by atoms with van der Waals surface area (Å²) in [6.07, 6.45) is 0. The monoisotopic (exact) mass is 148 g/mol. The summed E-state index contributed by atoms with van der Waals surface area (Å²) in [6.45, 7) is 5.90. The zero-order valence-corrected chi connectivity index (χ0v) is 6.42. The van der Waals surface area contributed by atoms with E-state index in [4.69, 9.17) is 0 Å². The summed E-state index contributed by atoms with van der Waals surface area (Å²) in [5, 5.41) is 6.36. The first-order valence-electron chi connectivity index (χ1n) is 2.90. The van der Waals surface area contributed by atoms with E-state index in [0.717, 1.165) is 13.1 Å². The van der Waals surface area contributed by atoms with Crippen LogP contribution in [0.25, 0.3) is 0 Å². The van der Waals surface area contributed by atoms with Crippen LogP contribution in [0.15, 0.2) is 12.2 Å². The van der Waals surface area contributed by atoms with Crippen molar-refractivity contribution in [2.24, 2.45) is 0 Å². The Labute approximate surface area is 62.1 Å². The smallest absolute Gasteiger partial charge is 0.0413 e. The van der Waals surface area contributed by atoms with Gasteiger partial charge in [-0.15, -0.1) is 12.4 Å². The molecule has 0 aromatic rings. The topological polar surface area (TPSA) is 24.1 Å². The zero-order chi connectivity index (χ0) is 5.98. The molecule has 54 valence electrons. The molecule has 0 aromatic heterocycles. The average molecular weight is 149 g/mol. The second kappa shape index (κ2) is 3.88. The summed E-state index contributed by atoms with van der Waals surface area (Å²) in [5.41, 5.74) is 1.27. The molecule has 0 radical (unpaired) electrons. The van der Waals surface area contributed by atoms with Crippen molar-refractivity contribution in [3.05, 3.63) is 12.2 Å². The third kappa shape index (κ3) is 1.97. The van der Waals surface area contributed by atoms with Crippen LogP contribution in [0.5, 0.6) is 0 Å². The highest BCUT2D eigenvalue weighted by molar-refractivity contribution is 5.85. The molecule has 1 saturated heterocycles. The van der Waals surface area contributed by atoms with Crippen molar-refractivity contribution in [2.45, 2.75) is 6.04 Å². The summed E-state index contributed by atoms with van der Waals surface area (Å²) in [5.74, 6) is 0. The molecule has 0 aliphatic carbocycles. The molecule has 2 nitrogen and oxygen atoms in total. The van der Waals surface area contributed by atoms with E-state index in [9.17, 15) is 0 Å². The molecule has 0 spiro atoms. The molecule has 1 fully saturated rings. The van der Waals surface area contributed by atoms with Gasteiger partial charge in [0.2, 0.25) is 0 Å². The largest absolute Gasteiger partial charge is 0.312 e. The van der Waals surface area contributed by atoms with Gasteiger partial charge in [-0.05, 0) is 12.6 Å². The fourth-order valence-electron chi connectivity index (χ4n) is 0.951. The van der Waals surface area contributed by atoms with E-state index in [2.05, 4.69) is 17.2 Å². The van der Waals surface area contributed by atoms with Crippen molar-refractivity contribution >= 4 is 12.4 Å². The summed E-state index contributed by atoms with van der Waals surface area (Å²) in [6, 6.07) is 0.509. The van der Waals surface area contributed by atoms with Gasteiger partial charge in [-0.1, -0.05) is 6.58 Å². The van der Waals surface area contributed by atoms with Crippen molar-refractivity contribution in [3.63, 3.8) is 0 Å². The fraction of sp³-hybridized carbons (Fsp3) is 0.667. The van der Waals surface area contributed by atoms with Crippen molar-refractivity contribution in [3.8, 4) is 0 Å². The lowest BCUT2D eigenvalue weighted by Gasteiger charge is -2.05. The Bertz CT molecular complexity index is 103. The summed E-state index contributed by atoms with van der Waals surface area (Å²) < 4.78 is 0. The fourth-order valence-corrected chi connectivity index (χ4v) is 0.951. The molecule has 0 amide bonds. The molecule has 1 heterocycles. The van der Waals surface area contributed by atoms with Gasteiger partial charge in [-0.25, -0.2) is 0 Å². The third-order valence-electron chi connectivity index (χ3n) is 1.54. The minimum atomic E-state index is 0. The normalized spacial score (nSPS) is 25.9. The van der Waals surface area contributed by atoms with Crippen LogP contribution in [0.2, 0.25) is 0 Å². The van der Waals surface area contributed by atoms with E-state index >= 15 is 0 Å². The molecule has 0 saturated carbocycles. The van der Waals surface area contributed by atoms with Gasteiger partial charge in [0, 0.05) is 19.1 Å². The van der Waals surface area contributed by atoms with Crippen molar-refractivity contribution in [1.82, 2.24) is 10.6 Å². The van der Waals surface area contributed by atoms with Crippen LogP contribution in [0.1, 0.15) is 0 Å². The van der Waals surface area contributed by atoms with E-state index in [1.165, 1.54) is 5.57 Å². The van der Waals surface area contributed by atoms with E-state index in [0.29, 0.717) is 6.04 Å². The number of hydrogen-bond donors (Lipinski definition) is 2. The molecule has 0 aromatic carbocycles. The highest BCUT2D eigenvalue weighted by atomic mass is 35.5. The summed E-state index contributed by atoms with van der Waals surface area (Å²) in [4.78, 5) is 0. The second-order valence-corrected chi connectivity index (χ2v) is 2.13. The van der Waals surface area contributed by atoms with E-state index < -0.39 is 0 Å². The van der Waals surface area contributed by atoms with E-state index in [-0.39, 0.29) is 12.4 Å². The molecule has 1 atom stereocenters. The van der Waals surface area contributed by atoms with Gasteiger partial charge in [-0.3, -0.25) is 0 Å². The molecular formula is C6H13ClN2. The van der Waals surface area contributed by atoms with Crippen molar-refractivity contribution in [1.29, 1.82) is 0 Å². The average Bonchev–Trinajstić information content (AvgIpc) is 2.14. The standard InChI is InChI=1S/C6H12N2.ClH/c1-5-3-8-4-6(5)7-2;/h6-8H,1,3-4H2,2H3;1H/t6-;/m1./s1. The van der Waals surface area contributed by atoms with Gasteiger partial charge in [0.1, 0.15) is 0 Å². The molecule has 1 rings (SSSR count). The maximum absolute atomic E-state index is 3.88. The predicted octanol–water partition coefficient (Wildman–Crippen LogP) is 0.156. The molecule has 0 unspecified atom stereocenters. The number of hydrogen-bond acceptors (Lipinski definition) is 2. The van der Waals surface area contributed by atoms with Crippen LogP contribution >= 0.6 is 12.4 Å². The second-order valence-electron chi connectivity index (χ2n) is 2.13. The quantitative estimate of drug-likeness (QED) is 0.518. The first-order valence-corrected chi connectivity index (χ1v) is 2.90. The highest BCUT2D eigenvalue weighted by Crippen LogP contribution is 2.01. The van der Waals surface area contributed by atoms with Crippen LogP contribution < -0.4 is 10.6 Å². The summed E-state index contributed by atoms with van der Waals surface area (Å²) in [7, 11) is 1.96. The Balaban J connectivity index is 0.000000640. The minimum Gasteiger partial charge on any atom is -0.312 e. The lowest BCUT2D eigenvalue weighted by atomic mass is 10.2. The summed E-state index contributed by atoms with van der Waals surface area (Å²) >= 11 is 0. The Morgan fingerprint density at radius 3 is 2.67 bits per heavy atom. The molecule has 9 heavy (non-hydrogen) atoms. The van der Waals surface area contributed by atoms with Gasteiger partial charge in [0.05, 0.1) is 0 Å². The Kier molecular flexibility index (Phi) is 3.86. The molecule has 3 heteroatoms. The van der Waals surface area contributed by atoms with Gasteiger partial charge >= 0.3 is 0 Å². The maximum atomic E-state index is 3.88. The number of nitrogens with one attached hydrogen (secondary N) is 2. The van der Waals surface area contributed by atoms with Crippen LogP contribution in [0, 0.1) is 0 Å². The Morgan fingerprint density at radius 1 is 1.78 bits per heavy atom. The molecule has 2 N–H and O–H groups in total. The predicted molar refractivity (Wildman–Crippen MR) is 42.1 cm³/mol. The zero-order valence-electron chi connectivity index (χ0n) is 5.61. The molecule has 1 aliphatic heterocycles. The molecular weight excluding hydrogens is 136 g/mol. The van der Waals surface area contributed by atoms with E-state index in [1.54, 1.807) is 0 Å². The van der Waals surface area contributed by atoms with Crippen LogP contribution in [0.4, 0.5) is 0 Å². The number of rotatable bonds is 1. The van der Waals surface area contributed by atoms with Crippen molar-refractivity contribution in [2.75, 3.05) is 20.1 Å². The Morgan fingerprint density at radius 2 is 2.44 bits per heavy atom. The molecule has 0 bridgehead atoms. The van der Waals surface area contributed by atoms with Gasteiger partial charge in [0.25, 0.3) is 0 Å². The highest BCUT2D eigenvalue weighted by Gasteiger charge is 2.14. The first kappa shape index (κ1) is 8.95. The van der Waals surface area contributed by atoms with Gasteiger partial charge in [0.15, 0.2) is 0 Å². The van der Waals surface area contributed by atoms with Crippen molar-refractivity contribution < 1.29 is 0 Å². The van der Waals surface area contributed by atoms with Crippen LogP contribution in [-0.4, -0.2) is 26.2 Å². The van der Waals surface area contributed by atoms with Gasteiger partial charge < -0.3 is 10.6 Å². The van der Waals surface area contributed by atoms with Crippen LogP contribution in [-0.2, 0) is 0 Å². The maximum Gasteiger partial charge on any atom is 0.0413 e. The lowest BCUT2D eigenvalue weighted by molar-refractivity contribution is 0.668.